The van der Waals surface area contributed by atoms with Crippen LogP contribution in [0.2, 0.25) is 0 Å². The van der Waals surface area contributed by atoms with Crippen LogP contribution < -0.4 is 0 Å². The highest BCUT2D eigenvalue weighted by molar-refractivity contribution is 7.86. The third-order valence-electron chi connectivity index (χ3n) is 2.11. The maximum absolute atomic E-state index is 12.6. The molecule has 86 valence electrons. The standard InChI is InChI=1S/C9H19FO3S/c1-2-3-4-5-6-7-8-9(10)14(11,12)13/h9H,2-8H2,1H3,(H,11,12,13). The van der Waals surface area contributed by atoms with Gasteiger partial charge in [-0.1, -0.05) is 39.0 Å². The average Bonchev–Trinajstić information content (AvgIpc) is 2.09. The maximum atomic E-state index is 12.6. The van der Waals surface area contributed by atoms with Crippen molar-refractivity contribution in [2.75, 3.05) is 0 Å². The molecule has 0 aromatic heterocycles. The Morgan fingerprint density at radius 1 is 1.14 bits per heavy atom. The fourth-order valence-electron chi connectivity index (χ4n) is 1.23. The molecule has 0 bridgehead atoms. The van der Waals surface area contributed by atoms with E-state index in [0.717, 1.165) is 32.1 Å². The molecule has 0 saturated heterocycles. The number of halogens is 1. The molecule has 0 radical (unpaired) electrons. The van der Waals surface area contributed by atoms with Gasteiger partial charge in [-0.05, 0) is 12.8 Å². The number of rotatable bonds is 8. The smallest absolute Gasteiger partial charge is 0.283 e. The average molecular weight is 226 g/mol. The molecule has 0 fully saturated rings. The van der Waals surface area contributed by atoms with Crippen LogP contribution in [0.15, 0.2) is 0 Å². The molecule has 0 aliphatic rings. The Balaban J connectivity index is 3.37. The molecule has 1 unspecified atom stereocenters. The molecule has 3 nitrogen and oxygen atoms in total. The van der Waals surface area contributed by atoms with Crippen LogP contribution in [0.3, 0.4) is 0 Å². The van der Waals surface area contributed by atoms with E-state index in [0.29, 0.717) is 6.42 Å². The Morgan fingerprint density at radius 3 is 2.14 bits per heavy atom. The van der Waals surface area contributed by atoms with Crippen molar-refractivity contribution < 1.29 is 17.4 Å². The summed E-state index contributed by atoms with van der Waals surface area (Å²) in [4.78, 5) is 0. The van der Waals surface area contributed by atoms with Gasteiger partial charge in [0.15, 0.2) is 0 Å². The predicted molar refractivity (Wildman–Crippen MR) is 54.4 cm³/mol. The van der Waals surface area contributed by atoms with Crippen LogP contribution in [0.5, 0.6) is 0 Å². The van der Waals surface area contributed by atoms with E-state index < -0.39 is 15.6 Å². The van der Waals surface area contributed by atoms with Crippen molar-refractivity contribution in [3.05, 3.63) is 0 Å². The van der Waals surface area contributed by atoms with E-state index in [1.807, 2.05) is 0 Å². The number of hydrogen-bond donors (Lipinski definition) is 1. The van der Waals surface area contributed by atoms with Crippen molar-refractivity contribution in [2.45, 2.75) is 57.4 Å². The monoisotopic (exact) mass is 226 g/mol. The van der Waals surface area contributed by atoms with Gasteiger partial charge in [0.1, 0.15) is 0 Å². The molecule has 0 saturated carbocycles. The predicted octanol–water partition coefficient (Wildman–Crippen LogP) is 2.92. The summed E-state index contributed by atoms with van der Waals surface area (Å²) in [7, 11) is -4.47. The van der Waals surface area contributed by atoms with Crippen LogP contribution in [-0.4, -0.2) is 18.5 Å². The van der Waals surface area contributed by atoms with Gasteiger partial charge in [0.05, 0.1) is 0 Å². The maximum Gasteiger partial charge on any atom is 0.297 e. The van der Waals surface area contributed by atoms with Crippen molar-refractivity contribution in [3.63, 3.8) is 0 Å². The summed E-state index contributed by atoms with van der Waals surface area (Å²) in [6.07, 6.45) is 5.69. The SMILES string of the molecule is CCCCCCCCC(F)S(=O)(=O)O. The highest BCUT2D eigenvalue weighted by atomic mass is 32.2. The van der Waals surface area contributed by atoms with Crippen LogP contribution in [0, 0.1) is 0 Å². The summed E-state index contributed by atoms with van der Waals surface area (Å²) in [5.74, 6) is 0. The normalized spacial score (nSPS) is 14.2. The van der Waals surface area contributed by atoms with Gasteiger partial charge in [-0.3, -0.25) is 4.55 Å². The third-order valence-corrected chi connectivity index (χ3v) is 2.99. The van der Waals surface area contributed by atoms with Crippen molar-refractivity contribution in [3.8, 4) is 0 Å². The van der Waals surface area contributed by atoms with E-state index in [4.69, 9.17) is 4.55 Å². The van der Waals surface area contributed by atoms with Gasteiger partial charge >= 0.3 is 0 Å². The molecule has 0 rings (SSSR count). The first-order valence-corrected chi connectivity index (χ1v) is 6.59. The molecule has 0 heterocycles. The van der Waals surface area contributed by atoms with E-state index in [2.05, 4.69) is 6.92 Å². The molecule has 0 aromatic carbocycles. The molecule has 1 atom stereocenters. The molecule has 0 aliphatic carbocycles. The van der Waals surface area contributed by atoms with Gasteiger partial charge in [0.2, 0.25) is 5.50 Å². The topological polar surface area (TPSA) is 54.4 Å². The van der Waals surface area contributed by atoms with Crippen LogP contribution in [0.1, 0.15) is 51.9 Å². The molecular weight excluding hydrogens is 207 g/mol. The molecule has 0 aromatic rings. The summed E-state index contributed by atoms with van der Waals surface area (Å²) >= 11 is 0. The second kappa shape index (κ2) is 7.17. The summed E-state index contributed by atoms with van der Waals surface area (Å²) < 4.78 is 41.5. The molecule has 0 amide bonds. The minimum absolute atomic E-state index is 0.0923. The second-order valence-corrected chi connectivity index (χ2v) is 5.02. The summed E-state index contributed by atoms with van der Waals surface area (Å²) in [6.45, 7) is 2.11. The van der Waals surface area contributed by atoms with Gasteiger partial charge in [-0.25, -0.2) is 4.39 Å². The highest BCUT2D eigenvalue weighted by Crippen LogP contribution is 2.13. The van der Waals surface area contributed by atoms with Gasteiger partial charge in [-0.15, -0.1) is 0 Å². The number of unbranched alkanes of at least 4 members (excludes halogenated alkanes) is 5. The fourth-order valence-corrected chi connectivity index (χ4v) is 1.70. The van der Waals surface area contributed by atoms with Crippen LogP contribution in [-0.2, 0) is 10.1 Å². The lowest BCUT2D eigenvalue weighted by Crippen LogP contribution is -2.14. The van der Waals surface area contributed by atoms with Crippen molar-refractivity contribution in [2.24, 2.45) is 0 Å². The zero-order chi connectivity index (χ0) is 11.0. The highest BCUT2D eigenvalue weighted by Gasteiger charge is 2.20. The first kappa shape index (κ1) is 13.8. The first-order valence-electron chi connectivity index (χ1n) is 5.09. The minimum Gasteiger partial charge on any atom is -0.283 e. The van der Waals surface area contributed by atoms with E-state index in [1.54, 1.807) is 0 Å². The lowest BCUT2D eigenvalue weighted by Gasteiger charge is -2.04. The number of alkyl halides is 1. The molecule has 14 heavy (non-hydrogen) atoms. The van der Waals surface area contributed by atoms with Gasteiger partial charge in [0.25, 0.3) is 10.1 Å². The van der Waals surface area contributed by atoms with Gasteiger partial charge in [0, 0.05) is 0 Å². The lowest BCUT2D eigenvalue weighted by molar-refractivity contribution is 0.350. The van der Waals surface area contributed by atoms with Gasteiger partial charge < -0.3 is 0 Å². The third kappa shape index (κ3) is 7.26. The molecule has 5 heteroatoms. The molecular formula is C9H19FO3S. The van der Waals surface area contributed by atoms with Crippen LogP contribution >= 0.6 is 0 Å². The second-order valence-electron chi connectivity index (χ2n) is 3.48. The molecule has 0 aliphatic heterocycles. The van der Waals surface area contributed by atoms with Crippen molar-refractivity contribution in [1.82, 2.24) is 0 Å². The van der Waals surface area contributed by atoms with E-state index in [1.165, 1.54) is 0 Å². The summed E-state index contributed by atoms with van der Waals surface area (Å²) in [5.41, 5.74) is -2.10. The minimum atomic E-state index is -4.47. The Kier molecular flexibility index (Phi) is 7.09. The van der Waals surface area contributed by atoms with E-state index >= 15 is 0 Å². The zero-order valence-corrected chi connectivity index (χ0v) is 9.39. The van der Waals surface area contributed by atoms with Crippen LogP contribution in [0.25, 0.3) is 0 Å². The zero-order valence-electron chi connectivity index (χ0n) is 8.58. The molecule has 1 N–H and O–H groups in total. The van der Waals surface area contributed by atoms with E-state index in [9.17, 15) is 12.8 Å². The van der Waals surface area contributed by atoms with Crippen LogP contribution in [0.4, 0.5) is 4.39 Å². The molecule has 0 spiro atoms. The summed E-state index contributed by atoms with van der Waals surface area (Å²) in [6, 6.07) is 0. The Labute approximate surface area is 85.5 Å². The fraction of sp³-hybridized carbons (Fsp3) is 1.00. The largest absolute Gasteiger partial charge is 0.297 e. The Morgan fingerprint density at radius 2 is 1.64 bits per heavy atom. The quantitative estimate of drug-likeness (QED) is 0.511. The Hall–Kier alpha value is -0.160. The first-order chi connectivity index (χ1) is 6.48. The number of hydrogen-bond acceptors (Lipinski definition) is 2. The summed E-state index contributed by atoms with van der Waals surface area (Å²) in [5, 5.41) is 0. The lowest BCUT2D eigenvalue weighted by atomic mass is 10.1. The van der Waals surface area contributed by atoms with Crippen molar-refractivity contribution >= 4 is 10.1 Å². The Bertz CT molecular complexity index is 226. The van der Waals surface area contributed by atoms with Gasteiger partial charge in [-0.2, -0.15) is 8.42 Å². The van der Waals surface area contributed by atoms with E-state index in [-0.39, 0.29) is 6.42 Å². The van der Waals surface area contributed by atoms with Crippen molar-refractivity contribution in [1.29, 1.82) is 0 Å².